The van der Waals surface area contributed by atoms with Crippen LogP contribution in [0.5, 0.6) is 0 Å². The van der Waals surface area contributed by atoms with E-state index in [-0.39, 0.29) is 17.0 Å². The maximum atomic E-state index is 13.7. The summed E-state index contributed by atoms with van der Waals surface area (Å²) in [7, 11) is 1.92. The second-order valence-corrected chi connectivity index (χ2v) is 11.9. The van der Waals surface area contributed by atoms with Gasteiger partial charge in [-0.15, -0.1) is 5.10 Å². The number of nitrogens with one attached hydrogen (secondary N) is 1. The summed E-state index contributed by atoms with van der Waals surface area (Å²) >= 11 is 0. The molecule has 1 aromatic carbocycles. The molecule has 2 heterocycles. The number of rotatable bonds is 9. The van der Waals surface area contributed by atoms with Crippen molar-refractivity contribution < 1.29 is 4.79 Å². The Morgan fingerprint density at radius 1 is 1.08 bits per heavy atom. The van der Waals surface area contributed by atoms with Crippen LogP contribution in [-0.2, 0) is 13.1 Å². The highest BCUT2D eigenvalue weighted by Crippen LogP contribution is 2.55. The molecule has 4 bridgehead atoms. The normalized spacial score (nSPS) is 26.1. The minimum Gasteiger partial charge on any atom is -0.346 e. The fourth-order valence-electron chi connectivity index (χ4n) is 7.51. The average Bonchev–Trinajstić information content (AvgIpc) is 3.32. The van der Waals surface area contributed by atoms with Crippen LogP contribution in [0.2, 0.25) is 0 Å². The van der Waals surface area contributed by atoms with Gasteiger partial charge in [-0.25, -0.2) is 0 Å². The van der Waals surface area contributed by atoms with Gasteiger partial charge in [-0.05, 0) is 68.3 Å². The van der Waals surface area contributed by atoms with Crippen molar-refractivity contribution >= 4 is 17.6 Å². The van der Waals surface area contributed by atoms with Gasteiger partial charge < -0.3 is 14.8 Å². The molecule has 0 unspecified atom stereocenters. The Hall–Kier alpha value is -3.16. The summed E-state index contributed by atoms with van der Waals surface area (Å²) in [6, 6.07) is 10.1. The van der Waals surface area contributed by atoms with Gasteiger partial charge in [0.2, 0.25) is 11.7 Å². The van der Waals surface area contributed by atoms with E-state index in [2.05, 4.69) is 29.5 Å². The molecule has 3 aromatic rings. The third kappa shape index (κ3) is 4.66. The summed E-state index contributed by atoms with van der Waals surface area (Å²) in [6.45, 7) is 3.48. The van der Waals surface area contributed by atoms with Crippen LogP contribution in [0, 0.1) is 17.8 Å². The van der Waals surface area contributed by atoms with Gasteiger partial charge in [0.05, 0.1) is 0 Å². The lowest BCUT2D eigenvalue weighted by molar-refractivity contribution is -0.0167. The highest BCUT2D eigenvalue weighted by Gasteiger charge is 2.51. The first kappa shape index (κ1) is 24.2. The van der Waals surface area contributed by atoms with E-state index < -0.39 is 5.56 Å². The number of anilines is 1. The molecule has 0 saturated heterocycles. The number of amides is 1. The Kier molecular flexibility index (Phi) is 6.29. The summed E-state index contributed by atoms with van der Waals surface area (Å²) in [4.78, 5) is 33.9. The molecule has 4 saturated carbocycles. The quantitative estimate of drug-likeness (QED) is 0.438. The molecule has 0 spiro atoms. The minimum atomic E-state index is -0.393. The van der Waals surface area contributed by atoms with Crippen LogP contribution in [0.3, 0.4) is 0 Å². The number of fused-ring (bicyclic) bond motifs is 1. The van der Waals surface area contributed by atoms with Crippen molar-refractivity contribution in [3.05, 3.63) is 58.0 Å². The highest BCUT2D eigenvalue weighted by molar-refractivity contribution is 5.94. The highest BCUT2D eigenvalue weighted by atomic mass is 16.2. The van der Waals surface area contributed by atoms with Gasteiger partial charge in [0.15, 0.2) is 0 Å². The molecule has 1 amide bonds. The molecule has 4 fully saturated rings. The van der Waals surface area contributed by atoms with Crippen molar-refractivity contribution in [2.24, 2.45) is 17.8 Å². The summed E-state index contributed by atoms with van der Waals surface area (Å²) < 4.78 is 3.27. The Labute approximate surface area is 218 Å². The molecule has 7 rings (SSSR count). The topological polar surface area (TPSA) is 84.5 Å². The van der Waals surface area contributed by atoms with E-state index in [4.69, 9.17) is 4.98 Å². The van der Waals surface area contributed by atoms with E-state index in [1.807, 2.05) is 34.7 Å². The first-order valence-electron chi connectivity index (χ1n) is 14.0. The van der Waals surface area contributed by atoms with Crippen LogP contribution in [-0.4, -0.2) is 37.7 Å². The van der Waals surface area contributed by atoms with E-state index in [0.29, 0.717) is 24.8 Å². The maximum Gasteiger partial charge on any atom is 0.288 e. The molecule has 196 valence electrons. The predicted molar refractivity (Wildman–Crippen MR) is 144 cm³/mol. The Balaban J connectivity index is 1.32. The number of unbranched alkanes of at least 4 members (excludes halogenated alkanes) is 2. The SMILES string of the molecule is CCCCCn1cc(C(=O)NC23CC4CC(CC(C4)C2)C3)c(=O)n2nc(N(C)Cc3ccccc3)nc12. The van der Waals surface area contributed by atoms with Crippen molar-refractivity contribution in [3.8, 4) is 0 Å². The van der Waals surface area contributed by atoms with Gasteiger partial charge >= 0.3 is 0 Å². The zero-order valence-electron chi connectivity index (χ0n) is 22.0. The number of carbonyl (C=O) groups excluding carboxylic acids is 1. The summed E-state index contributed by atoms with van der Waals surface area (Å²) in [5.74, 6) is 2.87. The van der Waals surface area contributed by atoms with Gasteiger partial charge in [0.25, 0.3) is 11.5 Å². The van der Waals surface area contributed by atoms with Crippen molar-refractivity contribution in [2.45, 2.75) is 83.3 Å². The molecular weight excluding hydrogens is 464 g/mol. The van der Waals surface area contributed by atoms with Gasteiger partial charge in [-0.2, -0.15) is 9.50 Å². The van der Waals surface area contributed by atoms with Crippen LogP contribution in [0.15, 0.2) is 41.3 Å². The average molecular weight is 503 g/mol. The fraction of sp³-hybridized carbons (Fsp3) is 0.586. The van der Waals surface area contributed by atoms with Gasteiger partial charge in [-0.3, -0.25) is 9.59 Å². The zero-order chi connectivity index (χ0) is 25.6. The van der Waals surface area contributed by atoms with Crippen LogP contribution in [0.1, 0.15) is 80.6 Å². The number of nitrogens with zero attached hydrogens (tertiary/aromatic N) is 5. The molecule has 8 heteroatoms. The first-order valence-corrected chi connectivity index (χ1v) is 14.0. The second-order valence-electron chi connectivity index (χ2n) is 11.9. The standard InChI is InChI=1S/C29H38N6O2/c1-3-4-8-11-34-19-24(25(36)31-29-15-21-12-22(16-29)14-23(13-21)17-29)26(37)35-28(34)30-27(32-35)33(2)18-20-9-6-5-7-10-20/h5-7,9-10,19,21-23H,3-4,8,11-18H2,1-2H3,(H,31,36). The van der Waals surface area contributed by atoms with Crippen molar-refractivity contribution in [1.29, 1.82) is 0 Å². The number of carbonyl (C=O) groups is 1. The van der Waals surface area contributed by atoms with Crippen LogP contribution in [0.25, 0.3) is 5.78 Å². The molecular formula is C29H38N6O2. The van der Waals surface area contributed by atoms with Gasteiger partial charge in [-0.1, -0.05) is 50.1 Å². The largest absolute Gasteiger partial charge is 0.346 e. The third-order valence-electron chi connectivity index (χ3n) is 8.81. The monoisotopic (exact) mass is 502 g/mol. The Morgan fingerprint density at radius 3 is 2.41 bits per heavy atom. The summed E-state index contributed by atoms with van der Waals surface area (Å²) in [5.41, 5.74) is 0.763. The molecule has 1 N–H and O–H groups in total. The predicted octanol–water partition coefficient (Wildman–Crippen LogP) is 4.42. The second kappa shape index (κ2) is 9.62. The number of aryl methyl sites for hydroxylation is 1. The van der Waals surface area contributed by atoms with Gasteiger partial charge in [0, 0.05) is 31.9 Å². The molecule has 8 nitrogen and oxygen atoms in total. The van der Waals surface area contributed by atoms with Gasteiger partial charge in [0.1, 0.15) is 5.56 Å². The molecule has 4 aliphatic carbocycles. The zero-order valence-corrected chi connectivity index (χ0v) is 22.0. The van der Waals surface area contributed by atoms with Crippen LogP contribution >= 0.6 is 0 Å². The summed E-state index contributed by atoms with van der Waals surface area (Å²) in [6.07, 6.45) is 11.9. The molecule has 0 radical (unpaired) electrons. The fourth-order valence-corrected chi connectivity index (χ4v) is 7.51. The number of hydrogen-bond acceptors (Lipinski definition) is 5. The Morgan fingerprint density at radius 2 is 1.76 bits per heavy atom. The molecule has 2 aromatic heterocycles. The van der Waals surface area contributed by atoms with E-state index in [9.17, 15) is 9.59 Å². The van der Waals surface area contributed by atoms with Crippen LogP contribution < -0.4 is 15.8 Å². The lowest BCUT2D eigenvalue weighted by Gasteiger charge is -2.56. The van der Waals surface area contributed by atoms with Crippen molar-refractivity contribution in [2.75, 3.05) is 11.9 Å². The molecule has 4 aliphatic rings. The van der Waals surface area contributed by atoms with E-state index in [0.717, 1.165) is 61.8 Å². The smallest absolute Gasteiger partial charge is 0.288 e. The van der Waals surface area contributed by atoms with Crippen molar-refractivity contribution in [3.63, 3.8) is 0 Å². The van der Waals surface area contributed by atoms with E-state index >= 15 is 0 Å². The van der Waals surface area contributed by atoms with E-state index in [1.165, 1.54) is 23.8 Å². The third-order valence-corrected chi connectivity index (χ3v) is 8.81. The van der Waals surface area contributed by atoms with Crippen LogP contribution in [0.4, 0.5) is 5.95 Å². The lowest BCUT2D eigenvalue weighted by atomic mass is 9.53. The number of aromatic nitrogens is 4. The number of hydrogen-bond donors (Lipinski definition) is 1. The first-order chi connectivity index (χ1) is 17.9. The number of benzene rings is 1. The van der Waals surface area contributed by atoms with E-state index in [1.54, 1.807) is 6.20 Å². The maximum absolute atomic E-state index is 13.7. The Bertz CT molecular complexity index is 1310. The molecule has 0 aliphatic heterocycles. The molecule has 37 heavy (non-hydrogen) atoms. The minimum absolute atomic E-state index is 0.149. The lowest BCUT2D eigenvalue weighted by Crippen LogP contribution is -2.60. The van der Waals surface area contributed by atoms with Crippen molar-refractivity contribution in [1.82, 2.24) is 24.5 Å². The summed E-state index contributed by atoms with van der Waals surface area (Å²) in [5, 5.41) is 7.96. The molecule has 0 atom stereocenters.